The Labute approximate surface area is 163 Å². The molecule has 0 unspecified atom stereocenters. The Morgan fingerprint density at radius 2 is 2.07 bits per heavy atom. The van der Waals surface area contributed by atoms with E-state index in [0.717, 1.165) is 6.07 Å². The third-order valence-electron chi connectivity index (χ3n) is 3.96. The van der Waals surface area contributed by atoms with E-state index < -0.39 is 11.7 Å². The molecule has 2 aromatic heterocycles. The highest BCUT2D eigenvalue weighted by Gasteiger charge is 2.16. The van der Waals surface area contributed by atoms with Crippen LogP contribution in [0.25, 0.3) is 22.7 Å². The van der Waals surface area contributed by atoms with Gasteiger partial charge in [0, 0.05) is 11.9 Å². The molecule has 0 atom stereocenters. The zero-order valence-electron chi connectivity index (χ0n) is 14.1. The molecule has 1 N–H and O–H groups in total. The lowest BCUT2D eigenvalue weighted by Crippen LogP contribution is -2.14. The molecule has 4 rings (SSSR count). The van der Waals surface area contributed by atoms with Gasteiger partial charge in [-0.2, -0.15) is 10.2 Å². The Hall–Kier alpha value is -3.76. The first-order valence-corrected chi connectivity index (χ1v) is 8.45. The van der Waals surface area contributed by atoms with Gasteiger partial charge in [0.25, 0.3) is 5.91 Å². The van der Waals surface area contributed by atoms with Crippen molar-refractivity contribution in [2.75, 3.05) is 5.32 Å². The monoisotopic (exact) mass is 392 g/mol. The van der Waals surface area contributed by atoms with Gasteiger partial charge in [-0.05, 0) is 48.5 Å². The van der Waals surface area contributed by atoms with E-state index in [-0.39, 0.29) is 17.0 Å². The van der Waals surface area contributed by atoms with Gasteiger partial charge in [0.1, 0.15) is 5.82 Å². The summed E-state index contributed by atoms with van der Waals surface area (Å²) in [6.07, 6.45) is 1.60. The summed E-state index contributed by atoms with van der Waals surface area (Å²) >= 11 is 6.25. The molecule has 2 heterocycles. The maximum absolute atomic E-state index is 14.1. The SMILES string of the molecule is N#Cc1ccc(C(=O)Nc2ccc(Cl)c(-c3nc4ncccc4o3)c2)c(F)c1. The van der Waals surface area contributed by atoms with Crippen LogP contribution in [0, 0.1) is 17.1 Å². The average Bonchev–Trinajstić information content (AvgIpc) is 3.13. The van der Waals surface area contributed by atoms with E-state index >= 15 is 0 Å². The lowest BCUT2D eigenvalue weighted by molar-refractivity contribution is 0.102. The van der Waals surface area contributed by atoms with E-state index in [1.54, 1.807) is 36.5 Å². The Morgan fingerprint density at radius 3 is 2.82 bits per heavy atom. The maximum atomic E-state index is 14.1. The molecule has 0 fully saturated rings. The zero-order chi connectivity index (χ0) is 19.7. The van der Waals surface area contributed by atoms with Crippen LogP contribution in [0.4, 0.5) is 10.1 Å². The summed E-state index contributed by atoms with van der Waals surface area (Å²) in [4.78, 5) is 20.8. The fourth-order valence-corrected chi connectivity index (χ4v) is 2.82. The van der Waals surface area contributed by atoms with Crippen LogP contribution >= 0.6 is 11.6 Å². The predicted molar refractivity (Wildman–Crippen MR) is 101 cm³/mol. The summed E-state index contributed by atoms with van der Waals surface area (Å²) in [5, 5.41) is 11.8. The number of halogens is 2. The van der Waals surface area contributed by atoms with Crippen molar-refractivity contribution < 1.29 is 13.6 Å². The lowest BCUT2D eigenvalue weighted by atomic mass is 10.1. The average molecular weight is 393 g/mol. The first kappa shape index (κ1) is 17.6. The number of hydrogen-bond acceptors (Lipinski definition) is 5. The fourth-order valence-electron chi connectivity index (χ4n) is 2.62. The van der Waals surface area contributed by atoms with Crippen LogP contribution in [0.1, 0.15) is 15.9 Å². The standard InChI is InChI=1S/C20H10ClFN4O2/c21-15-6-4-12(25-19(27)13-5-3-11(10-23)8-16(13)22)9-14(15)20-26-18-17(28-20)2-1-7-24-18/h1-9H,(H,25,27). The molecule has 0 aliphatic rings. The van der Waals surface area contributed by atoms with E-state index in [1.165, 1.54) is 12.1 Å². The number of nitrogens with one attached hydrogen (secondary N) is 1. The molecule has 28 heavy (non-hydrogen) atoms. The van der Waals surface area contributed by atoms with Crippen molar-refractivity contribution in [3.8, 4) is 17.5 Å². The Balaban J connectivity index is 1.65. The van der Waals surface area contributed by atoms with Crippen LogP contribution in [-0.4, -0.2) is 15.9 Å². The summed E-state index contributed by atoms with van der Waals surface area (Å²) in [6.45, 7) is 0. The van der Waals surface area contributed by atoms with E-state index in [0.29, 0.717) is 27.5 Å². The summed E-state index contributed by atoms with van der Waals surface area (Å²) in [5.41, 5.74) is 1.72. The van der Waals surface area contributed by atoms with Gasteiger partial charge in [0.2, 0.25) is 5.89 Å². The van der Waals surface area contributed by atoms with Crippen molar-refractivity contribution >= 4 is 34.4 Å². The highest BCUT2D eigenvalue weighted by molar-refractivity contribution is 6.33. The summed E-state index contributed by atoms with van der Waals surface area (Å²) in [7, 11) is 0. The van der Waals surface area contributed by atoms with Gasteiger partial charge in [-0.15, -0.1) is 0 Å². The normalized spacial score (nSPS) is 10.6. The van der Waals surface area contributed by atoms with Crippen LogP contribution in [0.2, 0.25) is 5.02 Å². The number of fused-ring (bicyclic) bond motifs is 1. The molecule has 2 aromatic carbocycles. The second-order valence-corrected chi connectivity index (χ2v) is 6.21. The van der Waals surface area contributed by atoms with Gasteiger partial charge in [0.15, 0.2) is 11.2 Å². The number of amides is 1. The minimum absolute atomic E-state index is 0.132. The highest BCUT2D eigenvalue weighted by atomic mass is 35.5. The van der Waals surface area contributed by atoms with E-state index in [9.17, 15) is 9.18 Å². The molecule has 0 saturated heterocycles. The maximum Gasteiger partial charge on any atom is 0.258 e. The van der Waals surface area contributed by atoms with E-state index in [1.807, 2.05) is 6.07 Å². The van der Waals surface area contributed by atoms with Gasteiger partial charge in [-0.25, -0.2) is 9.37 Å². The number of carbonyl (C=O) groups excluding carboxylic acids is 1. The minimum Gasteiger partial charge on any atom is -0.434 e. The van der Waals surface area contributed by atoms with Crippen LogP contribution in [0.3, 0.4) is 0 Å². The van der Waals surface area contributed by atoms with E-state index in [4.69, 9.17) is 21.3 Å². The first-order valence-electron chi connectivity index (χ1n) is 8.07. The highest BCUT2D eigenvalue weighted by Crippen LogP contribution is 2.32. The Morgan fingerprint density at radius 1 is 1.21 bits per heavy atom. The molecule has 8 heteroatoms. The van der Waals surface area contributed by atoms with Crippen molar-refractivity contribution in [1.82, 2.24) is 9.97 Å². The molecule has 0 spiro atoms. The fraction of sp³-hybridized carbons (Fsp3) is 0. The first-order chi connectivity index (χ1) is 13.5. The second-order valence-electron chi connectivity index (χ2n) is 5.80. The predicted octanol–water partition coefficient (Wildman–Crippen LogP) is 4.81. The molecule has 0 aliphatic carbocycles. The number of anilines is 1. The quantitative estimate of drug-likeness (QED) is 0.540. The van der Waals surface area contributed by atoms with Gasteiger partial charge in [-0.3, -0.25) is 4.79 Å². The van der Waals surface area contributed by atoms with Gasteiger partial charge in [-0.1, -0.05) is 11.6 Å². The molecule has 0 saturated carbocycles. The molecular formula is C20H10ClFN4O2. The zero-order valence-corrected chi connectivity index (χ0v) is 14.9. The molecule has 4 aromatic rings. The summed E-state index contributed by atoms with van der Waals surface area (Å²) in [5.74, 6) is -1.19. The largest absolute Gasteiger partial charge is 0.434 e. The molecule has 6 nitrogen and oxygen atoms in total. The van der Waals surface area contributed by atoms with Gasteiger partial charge in [0.05, 0.1) is 27.8 Å². The molecule has 136 valence electrons. The van der Waals surface area contributed by atoms with Crippen LogP contribution in [0.15, 0.2) is 59.1 Å². The molecule has 1 amide bonds. The molecule has 0 aliphatic heterocycles. The molecule has 0 bridgehead atoms. The Kier molecular flexibility index (Phi) is 4.47. The van der Waals surface area contributed by atoms with Crippen molar-refractivity contribution in [1.29, 1.82) is 5.26 Å². The lowest BCUT2D eigenvalue weighted by Gasteiger charge is -2.08. The number of nitriles is 1. The number of nitrogens with zero attached hydrogens (tertiary/aromatic N) is 3. The number of oxazole rings is 1. The minimum atomic E-state index is -0.782. The third-order valence-corrected chi connectivity index (χ3v) is 4.29. The number of aromatic nitrogens is 2. The van der Waals surface area contributed by atoms with Gasteiger partial charge < -0.3 is 9.73 Å². The topological polar surface area (TPSA) is 91.8 Å². The smallest absolute Gasteiger partial charge is 0.258 e. The molecular weight excluding hydrogens is 383 g/mol. The third kappa shape index (κ3) is 3.29. The van der Waals surface area contributed by atoms with Gasteiger partial charge >= 0.3 is 0 Å². The van der Waals surface area contributed by atoms with Crippen molar-refractivity contribution in [2.45, 2.75) is 0 Å². The Bertz CT molecular complexity index is 1230. The van der Waals surface area contributed by atoms with Crippen LogP contribution < -0.4 is 5.32 Å². The van der Waals surface area contributed by atoms with E-state index in [2.05, 4.69) is 15.3 Å². The van der Waals surface area contributed by atoms with Crippen molar-refractivity contribution in [3.63, 3.8) is 0 Å². The van der Waals surface area contributed by atoms with Crippen molar-refractivity contribution in [3.05, 3.63) is 76.7 Å². The number of hydrogen-bond donors (Lipinski definition) is 1. The second kappa shape index (κ2) is 7.10. The number of rotatable bonds is 3. The van der Waals surface area contributed by atoms with Crippen LogP contribution in [-0.2, 0) is 0 Å². The summed E-state index contributed by atoms with van der Waals surface area (Å²) < 4.78 is 19.7. The van der Waals surface area contributed by atoms with Crippen molar-refractivity contribution in [2.24, 2.45) is 0 Å². The molecule has 0 radical (unpaired) electrons. The number of benzene rings is 2. The number of pyridine rings is 1. The summed E-state index contributed by atoms with van der Waals surface area (Å²) in [6, 6.07) is 13.6. The van der Waals surface area contributed by atoms with Crippen LogP contribution in [0.5, 0.6) is 0 Å². The number of carbonyl (C=O) groups is 1.